The third kappa shape index (κ3) is 4.96. The maximum Gasteiger partial charge on any atom is 0.308 e. The molecule has 0 spiro atoms. The van der Waals surface area contributed by atoms with Crippen molar-refractivity contribution in [2.75, 3.05) is 25.4 Å². The summed E-state index contributed by atoms with van der Waals surface area (Å²) >= 11 is 0. The predicted molar refractivity (Wildman–Crippen MR) is 78.2 cm³/mol. The molecular weight excluding hydrogens is 296 g/mol. The number of piperidine rings is 1. The molecule has 1 unspecified atom stereocenters. The highest BCUT2D eigenvalue weighted by atomic mass is 32.2. The molecule has 0 aromatic rings. The van der Waals surface area contributed by atoms with Crippen LogP contribution in [0.4, 0.5) is 0 Å². The normalized spacial score (nSPS) is 19.1. The van der Waals surface area contributed by atoms with E-state index in [1.54, 1.807) is 13.8 Å². The number of amides is 1. The number of rotatable bonds is 7. The summed E-state index contributed by atoms with van der Waals surface area (Å²) in [6.45, 7) is 4.19. The van der Waals surface area contributed by atoms with Crippen LogP contribution in [-0.2, 0) is 19.6 Å². The molecule has 1 heterocycles. The van der Waals surface area contributed by atoms with Crippen molar-refractivity contribution in [3.8, 4) is 0 Å². The van der Waals surface area contributed by atoms with Crippen molar-refractivity contribution in [1.29, 1.82) is 0 Å². The number of carbonyl (C=O) groups is 2. The van der Waals surface area contributed by atoms with Crippen LogP contribution in [0.5, 0.6) is 0 Å². The summed E-state index contributed by atoms with van der Waals surface area (Å²) in [7, 11) is -3.19. The first-order valence-electron chi connectivity index (χ1n) is 7.30. The predicted octanol–water partition coefficient (Wildman–Crippen LogP) is 0.275. The van der Waals surface area contributed by atoms with Gasteiger partial charge in [-0.05, 0) is 26.2 Å². The zero-order chi connectivity index (χ0) is 16.0. The lowest BCUT2D eigenvalue weighted by Crippen LogP contribution is -2.44. The Morgan fingerprint density at radius 2 is 1.86 bits per heavy atom. The van der Waals surface area contributed by atoms with Crippen molar-refractivity contribution >= 4 is 21.9 Å². The molecule has 1 atom stereocenters. The molecule has 1 fully saturated rings. The van der Waals surface area contributed by atoms with Crippen LogP contribution in [0.3, 0.4) is 0 Å². The second-order valence-corrected chi connectivity index (χ2v) is 7.52. The topological polar surface area (TPSA) is 104 Å². The van der Waals surface area contributed by atoms with Crippen molar-refractivity contribution in [3.05, 3.63) is 0 Å². The summed E-state index contributed by atoms with van der Waals surface area (Å²) in [6.07, 6.45) is 1.42. The highest BCUT2D eigenvalue weighted by molar-refractivity contribution is 7.89. The van der Waals surface area contributed by atoms with Crippen LogP contribution in [0.2, 0.25) is 0 Å². The third-order valence-electron chi connectivity index (χ3n) is 3.95. The Bertz CT molecular complexity index is 469. The van der Waals surface area contributed by atoms with E-state index in [4.69, 9.17) is 5.11 Å². The molecule has 1 aliphatic heterocycles. The first-order chi connectivity index (χ1) is 9.81. The molecular formula is C13H24N2O5S. The number of sulfonamides is 1. The van der Waals surface area contributed by atoms with Gasteiger partial charge in [0.15, 0.2) is 0 Å². The van der Waals surface area contributed by atoms with E-state index in [1.165, 1.54) is 4.31 Å². The SMILES string of the molecule is CCC(CNC(=O)C1CCN(S(=O)(=O)CC)CC1)C(=O)O. The summed E-state index contributed by atoms with van der Waals surface area (Å²) < 4.78 is 24.9. The van der Waals surface area contributed by atoms with Gasteiger partial charge in [0, 0.05) is 25.6 Å². The van der Waals surface area contributed by atoms with E-state index in [0.717, 1.165) is 0 Å². The smallest absolute Gasteiger partial charge is 0.308 e. The van der Waals surface area contributed by atoms with Crippen molar-refractivity contribution < 1.29 is 23.1 Å². The minimum absolute atomic E-state index is 0.0701. The second-order valence-electron chi connectivity index (χ2n) is 5.26. The average molecular weight is 320 g/mol. The van der Waals surface area contributed by atoms with Gasteiger partial charge in [0.25, 0.3) is 0 Å². The van der Waals surface area contributed by atoms with E-state index in [-0.39, 0.29) is 24.1 Å². The molecule has 2 N–H and O–H groups in total. The molecule has 0 aromatic carbocycles. The number of nitrogens with one attached hydrogen (secondary N) is 1. The molecule has 1 aliphatic rings. The van der Waals surface area contributed by atoms with Gasteiger partial charge < -0.3 is 10.4 Å². The second kappa shape index (κ2) is 7.74. The maximum absolute atomic E-state index is 12.0. The standard InChI is InChI=1S/C13H24N2O5S/c1-3-10(13(17)18)9-14-12(16)11-5-7-15(8-6-11)21(19,20)4-2/h10-11H,3-9H2,1-2H3,(H,14,16)(H,17,18). The molecule has 21 heavy (non-hydrogen) atoms. The first kappa shape index (κ1) is 17.9. The minimum Gasteiger partial charge on any atom is -0.481 e. The monoisotopic (exact) mass is 320 g/mol. The number of aliphatic carboxylic acids is 1. The van der Waals surface area contributed by atoms with Gasteiger partial charge in [-0.25, -0.2) is 12.7 Å². The lowest BCUT2D eigenvalue weighted by Gasteiger charge is -2.30. The van der Waals surface area contributed by atoms with E-state index >= 15 is 0 Å². The Balaban J connectivity index is 2.44. The fraction of sp³-hybridized carbons (Fsp3) is 0.846. The summed E-state index contributed by atoms with van der Waals surface area (Å²) in [4.78, 5) is 22.9. The average Bonchev–Trinajstić information content (AvgIpc) is 2.47. The van der Waals surface area contributed by atoms with Crippen LogP contribution in [-0.4, -0.2) is 55.1 Å². The molecule has 0 bridgehead atoms. The van der Waals surface area contributed by atoms with Crippen molar-refractivity contribution in [1.82, 2.24) is 9.62 Å². The Kier molecular flexibility index (Phi) is 6.60. The Labute approximate surface area is 125 Å². The van der Waals surface area contributed by atoms with Crippen LogP contribution in [0, 0.1) is 11.8 Å². The Morgan fingerprint density at radius 3 is 2.29 bits per heavy atom. The van der Waals surface area contributed by atoms with E-state index in [0.29, 0.717) is 32.4 Å². The van der Waals surface area contributed by atoms with E-state index in [9.17, 15) is 18.0 Å². The summed E-state index contributed by atoms with van der Waals surface area (Å²) in [5.74, 6) is -1.83. The van der Waals surface area contributed by atoms with Gasteiger partial charge in [0.1, 0.15) is 0 Å². The van der Waals surface area contributed by atoms with Gasteiger partial charge >= 0.3 is 5.97 Å². The summed E-state index contributed by atoms with van der Waals surface area (Å²) in [5, 5.41) is 11.6. The quantitative estimate of drug-likeness (QED) is 0.701. The highest BCUT2D eigenvalue weighted by Crippen LogP contribution is 2.20. The molecule has 1 saturated heterocycles. The van der Waals surface area contributed by atoms with Gasteiger partial charge in [-0.1, -0.05) is 6.92 Å². The van der Waals surface area contributed by atoms with Gasteiger partial charge in [-0.15, -0.1) is 0 Å². The number of nitrogens with zero attached hydrogens (tertiary/aromatic N) is 1. The zero-order valence-corrected chi connectivity index (χ0v) is 13.4. The molecule has 0 aliphatic carbocycles. The molecule has 0 saturated carbocycles. The lowest BCUT2D eigenvalue weighted by atomic mass is 9.97. The fourth-order valence-electron chi connectivity index (χ4n) is 2.35. The lowest BCUT2D eigenvalue weighted by molar-refractivity contribution is -0.141. The van der Waals surface area contributed by atoms with Crippen LogP contribution < -0.4 is 5.32 Å². The number of carbonyl (C=O) groups excluding carboxylic acids is 1. The molecule has 122 valence electrons. The maximum atomic E-state index is 12.0. The Hall–Kier alpha value is -1.15. The first-order valence-corrected chi connectivity index (χ1v) is 8.91. The fourth-order valence-corrected chi connectivity index (χ4v) is 3.49. The largest absolute Gasteiger partial charge is 0.481 e. The van der Waals surface area contributed by atoms with Crippen LogP contribution in [0.25, 0.3) is 0 Å². The molecule has 0 radical (unpaired) electrons. The highest BCUT2D eigenvalue weighted by Gasteiger charge is 2.30. The van der Waals surface area contributed by atoms with Crippen molar-refractivity contribution in [3.63, 3.8) is 0 Å². The number of hydrogen-bond donors (Lipinski definition) is 2. The molecule has 0 aromatic heterocycles. The summed E-state index contributed by atoms with van der Waals surface area (Å²) in [5.41, 5.74) is 0. The summed E-state index contributed by atoms with van der Waals surface area (Å²) in [6, 6.07) is 0. The van der Waals surface area contributed by atoms with Crippen molar-refractivity contribution in [2.45, 2.75) is 33.1 Å². The molecule has 1 amide bonds. The van der Waals surface area contributed by atoms with Crippen molar-refractivity contribution in [2.24, 2.45) is 11.8 Å². The molecule has 7 nitrogen and oxygen atoms in total. The van der Waals surface area contributed by atoms with Gasteiger partial charge in [-0.3, -0.25) is 9.59 Å². The van der Waals surface area contributed by atoms with Gasteiger partial charge in [0.05, 0.1) is 11.7 Å². The minimum atomic E-state index is -3.19. The Morgan fingerprint density at radius 1 is 1.29 bits per heavy atom. The number of hydrogen-bond acceptors (Lipinski definition) is 4. The van der Waals surface area contributed by atoms with Crippen LogP contribution >= 0.6 is 0 Å². The van der Waals surface area contributed by atoms with E-state index < -0.39 is 21.9 Å². The number of carboxylic acids is 1. The zero-order valence-electron chi connectivity index (χ0n) is 12.5. The van der Waals surface area contributed by atoms with E-state index in [2.05, 4.69) is 5.32 Å². The third-order valence-corrected chi connectivity index (χ3v) is 5.83. The van der Waals surface area contributed by atoms with E-state index in [1.807, 2.05) is 0 Å². The molecule has 8 heteroatoms. The van der Waals surface area contributed by atoms with Gasteiger partial charge in [0.2, 0.25) is 15.9 Å². The van der Waals surface area contributed by atoms with Crippen LogP contribution in [0.1, 0.15) is 33.1 Å². The van der Waals surface area contributed by atoms with Crippen LogP contribution in [0.15, 0.2) is 0 Å². The molecule has 1 rings (SSSR count). The van der Waals surface area contributed by atoms with Gasteiger partial charge in [-0.2, -0.15) is 0 Å². The number of carboxylic acid groups (broad SMARTS) is 1.